The molecule has 1 atom stereocenters. The van der Waals surface area contributed by atoms with Gasteiger partial charge in [-0.15, -0.1) is 0 Å². The molecule has 0 spiro atoms. The van der Waals surface area contributed by atoms with Crippen LogP contribution in [-0.2, 0) is 12.8 Å². The fourth-order valence-electron chi connectivity index (χ4n) is 2.51. The number of rotatable bonds is 2. The first-order valence-corrected chi connectivity index (χ1v) is 6.29. The molecular weight excluding hydrogens is 229 g/mol. The van der Waals surface area contributed by atoms with Crippen molar-refractivity contribution in [1.29, 1.82) is 0 Å². The highest BCUT2D eigenvalue weighted by Crippen LogP contribution is 2.22. The Morgan fingerprint density at radius 2 is 2.33 bits per heavy atom. The minimum atomic E-state index is -0.201. The largest absolute Gasteiger partial charge is 0.319 e. The van der Waals surface area contributed by atoms with Gasteiger partial charge in [0.05, 0.1) is 11.9 Å². The molecule has 2 heterocycles. The molecule has 0 fully saturated rings. The summed E-state index contributed by atoms with van der Waals surface area (Å²) in [6.45, 7) is 0. The molecule has 0 bridgehead atoms. The lowest BCUT2D eigenvalue weighted by Gasteiger charge is -2.20. The highest BCUT2D eigenvalue weighted by molar-refractivity contribution is 5.22. The smallest absolute Gasteiger partial charge is 0.123 e. The molecule has 4 heteroatoms. The van der Waals surface area contributed by atoms with Gasteiger partial charge in [0.15, 0.2) is 0 Å². The lowest BCUT2D eigenvalue weighted by Crippen LogP contribution is -2.24. The Hall–Kier alpha value is -1.68. The van der Waals surface area contributed by atoms with Gasteiger partial charge in [0, 0.05) is 19.0 Å². The van der Waals surface area contributed by atoms with Crippen molar-refractivity contribution in [2.45, 2.75) is 31.8 Å². The van der Waals surface area contributed by atoms with Gasteiger partial charge >= 0.3 is 0 Å². The molecule has 0 radical (unpaired) electrons. The molecule has 1 unspecified atom stereocenters. The lowest BCUT2D eigenvalue weighted by atomic mass is 10.1. The molecule has 2 N–H and O–H groups in total. The van der Waals surface area contributed by atoms with Crippen LogP contribution in [0.2, 0.25) is 0 Å². The van der Waals surface area contributed by atoms with E-state index in [2.05, 4.69) is 9.55 Å². The van der Waals surface area contributed by atoms with Gasteiger partial charge in [-0.25, -0.2) is 9.37 Å². The van der Waals surface area contributed by atoms with Gasteiger partial charge in [-0.1, -0.05) is 12.1 Å². The van der Waals surface area contributed by atoms with Crippen LogP contribution in [0.5, 0.6) is 0 Å². The molecule has 3 nitrogen and oxygen atoms in total. The van der Waals surface area contributed by atoms with Gasteiger partial charge in [0.2, 0.25) is 0 Å². The standard InChI is InChI=1S/C14H16FN3/c15-11-4-1-3-10(7-11)8-12-9-18-13(16)5-2-6-14(18)17-12/h1,3-4,7,9,13H,2,5-6,8,16H2. The predicted molar refractivity (Wildman–Crippen MR) is 67.6 cm³/mol. The number of halogens is 1. The number of benzene rings is 1. The van der Waals surface area contributed by atoms with Crippen LogP contribution in [0.3, 0.4) is 0 Å². The van der Waals surface area contributed by atoms with Crippen molar-refractivity contribution in [2.24, 2.45) is 5.73 Å². The molecule has 1 aliphatic heterocycles. The van der Waals surface area contributed by atoms with E-state index < -0.39 is 0 Å². The molecule has 0 amide bonds. The third-order valence-corrected chi connectivity index (χ3v) is 3.39. The zero-order valence-corrected chi connectivity index (χ0v) is 10.1. The maximum atomic E-state index is 13.1. The second-order valence-corrected chi connectivity index (χ2v) is 4.82. The van der Waals surface area contributed by atoms with Crippen molar-refractivity contribution in [3.8, 4) is 0 Å². The van der Waals surface area contributed by atoms with E-state index >= 15 is 0 Å². The molecule has 1 aromatic carbocycles. The van der Waals surface area contributed by atoms with Crippen molar-refractivity contribution in [2.75, 3.05) is 0 Å². The van der Waals surface area contributed by atoms with Crippen molar-refractivity contribution >= 4 is 0 Å². The summed E-state index contributed by atoms with van der Waals surface area (Å²) in [6.07, 6.45) is 5.79. The molecule has 0 saturated heterocycles. The zero-order valence-electron chi connectivity index (χ0n) is 10.1. The maximum Gasteiger partial charge on any atom is 0.123 e. The van der Waals surface area contributed by atoms with Crippen molar-refractivity contribution in [3.63, 3.8) is 0 Å². The Balaban J connectivity index is 1.85. The summed E-state index contributed by atoms with van der Waals surface area (Å²) in [5.74, 6) is 0.855. The third-order valence-electron chi connectivity index (χ3n) is 3.39. The number of nitrogens with zero attached hydrogens (tertiary/aromatic N) is 2. The van der Waals surface area contributed by atoms with Crippen LogP contribution in [0, 0.1) is 5.82 Å². The van der Waals surface area contributed by atoms with Crippen molar-refractivity contribution in [3.05, 3.63) is 53.4 Å². The van der Waals surface area contributed by atoms with Crippen LogP contribution in [0.15, 0.2) is 30.5 Å². The Morgan fingerprint density at radius 3 is 3.11 bits per heavy atom. The molecule has 2 aromatic rings. The van der Waals surface area contributed by atoms with E-state index in [4.69, 9.17) is 5.73 Å². The van der Waals surface area contributed by atoms with E-state index in [9.17, 15) is 4.39 Å². The van der Waals surface area contributed by atoms with Crippen LogP contribution < -0.4 is 5.73 Å². The van der Waals surface area contributed by atoms with Gasteiger partial charge in [0.25, 0.3) is 0 Å². The summed E-state index contributed by atoms with van der Waals surface area (Å²) in [7, 11) is 0. The topological polar surface area (TPSA) is 43.8 Å². The van der Waals surface area contributed by atoms with Crippen LogP contribution in [-0.4, -0.2) is 9.55 Å². The first-order chi connectivity index (χ1) is 8.72. The zero-order chi connectivity index (χ0) is 12.5. The summed E-state index contributed by atoms with van der Waals surface area (Å²) in [5, 5.41) is 0. The maximum absolute atomic E-state index is 13.1. The fraction of sp³-hybridized carbons (Fsp3) is 0.357. The van der Waals surface area contributed by atoms with Crippen LogP contribution in [0.1, 0.15) is 36.1 Å². The molecule has 3 rings (SSSR count). The molecule has 0 aliphatic carbocycles. The SMILES string of the molecule is NC1CCCc2nc(Cc3cccc(F)c3)cn21. The molecule has 1 aromatic heterocycles. The average molecular weight is 245 g/mol. The average Bonchev–Trinajstić information content (AvgIpc) is 2.73. The Kier molecular flexibility index (Phi) is 2.88. The van der Waals surface area contributed by atoms with Gasteiger partial charge in [0.1, 0.15) is 11.6 Å². The number of aromatic nitrogens is 2. The number of fused-ring (bicyclic) bond motifs is 1. The van der Waals surface area contributed by atoms with E-state index in [1.165, 1.54) is 6.07 Å². The van der Waals surface area contributed by atoms with E-state index in [1.807, 2.05) is 12.3 Å². The molecule has 94 valence electrons. The number of aryl methyl sites for hydroxylation is 1. The first kappa shape index (κ1) is 11.4. The van der Waals surface area contributed by atoms with Crippen molar-refractivity contribution in [1.82, 2.24) is 9.55 Å². The highest BCUT2D eigenvalue weighted by atomic mass is 19.1. The fourth-order valence-corrected chi connectivity index (χ4v) is 2.51. The van der Waals surface area contributed by atoms with E-state index in [0.717, 1.165) is 36.3 Å². The summed E-state index contributed by atoms with van der Waals surface area (Å²) >= 11 is 0. The number of hydrogen-bond acceptors (Lipinski definition) is 2. The lowest BCUT2D eigenvalue weighted by molar-refractivity contribution is 0.408. The molecule has 1 aliphatic rings. The molecule has 0 saturated carbocycles. The Bertz CT molecular complexity index is 562. The summed E-state index contributed by atoms with van der Waals surface area (Å²) in [5.41, 5.74) is 7.95. The van der Waals surface area contributed by atoms with Crippen LogP contribution in [0.25, 0.3) is 0 Å². The monoisotopic (exact) mass is 245 g/mol. The van der Waals surface area contributed by atoms with Gasteiger partial charge in [-0.05, 0) is 30.5 Å². The number of hydrogen-bond donors (Lipinski definition) is 1. The molecule has 18 heavy (non-hydrogen) atoms. The van der Waals surface area contributed by atoms with Gasteiger partial charge in [-0.2, -0.15) is 0 Å². The number of imidazole rings is 1. The van der Waals surface area contributed by atoms with Crippen LogP contribution in [0.4, 0.5) is 4.39 Å². The quantitative estimate of drug-likeness (QED) is 0.883. The normalized spacial score (nSPS) is 18.7. The predicted octanol–water partition coefficient (Wildman–Crippen LogP) is 2.41. The first-order valence-electron chi connectivity index (χ1n) is 6.29. The third kappa shape index (κ3) is 2.16. The van der Waals surface area contributed by atoms with Crippen LogP contribution >= 0.6 is 0 Å². The minimum Gasteiger partial charge on any atom is -0.319 e. The molecular formula is C14H16FN3. The number of nitrogens with two attached hydrogens (primary N) is 1. The Morgan fingerprint density at radius 1 is 1.44 bits per heavy atom. The highest BCUT2D eigenvalue weighted by Gasteiger charge is 2.18. The summed E-state index contributed by atoms with van der Waals surface area (Å²) < 4.78 is 15.2. The van der Waals surface area contributed by atoms with Crippen molar-refractivity contribution < 1.29 is 4.39 Å². The van der Waals surface area contributed by atoms with E-state index in [1.54, 1.807) is 12.1 Å². The Labute approximate surface area is 105 Å². The summed E-state index contributed by atoms with van der Waals surface area (Å²) in [6, 6.07) is 6.66. The second-order valence-electron chi connectivity index (χ2n) is 4.82. The summed E-state index contributed by atoms with van der Waals surface area (Å²) in [4.78, 5) is 4.59. The van der Waals surface area contributed by atoms with Gasteiger partial charge in [-0.3, -0.25) is 0 Å². The second kappa shape index (κ2) is 4.53. The van der Waals surface area contributed by atoms with E-state index in [-0.39, 0.29) is 12.0 Å². The van der Waals surface area contributed by atoms with E-state index in [0.29, 0.717) is 6.42 Å². The minimum absolute atomic E-state index is 0.0440. The van der Waals surface area contributed by atoms with Gasteiger partial charge < -0.3 is 10.3 Å².